The molecule has 0 aliphatic heterocycles. The van der Waals surface area contributed by atoms with Crippen LogP contribution in [0.25, 0.3) is 0 Å². The van der Waals surface area contributed by atoms with Gasteiger partial charge in [-0.15, -0.1) is 0 Å². The summed E-state index contributed by atoms with van der Waals surface area (Å²) in [5.74, 6) is 0. The second-order valence-electron chi connectivity index (χ2n) is 4.97. The van der Waals surface area contributed by atoms with Crippen LogP contribution in [0.4, 0.5) is 5.69 Å². The van der Waals surface area contributed by atoms with Gasteiger partial charge in [-0.1, -0.05) is 20.8 Å². The molecule has 0 unspecified atom stereocenters. The number of nitro groups is 1. The summed E-state index contributed by atoms with van der Waals surface area (Å²) < 4.78 is 0. The van der Waals surface area contributed by atoms with Crippen LogP contribution in [0.15, 0.2) is 12.1 Å². The van der Waals surface area contributed by atoms with E-state index in [2.05, 4.69) is 20.8 Å². The third kappa shape index (κ3) is 2.35. The highest BCUT2D eigenvalue weighted by atomic mass is 16.6. The van der Waals surface area contributed by atoms with E-state index in [1.165, 1.54) is 0 Å². The van der Waals surface area contributed by atoms with E-state index in [0.29, 0.717) is 0 Å². The van der Waals surface area contributed by atoms with Gasteiger partial charge in [0.25, 0.3) is 5.69 Å². The molecule has 0 radical (unpaired) electrons. The van der Waals surface area contributed by atoms with Crippen LogP contribution in [-0.4, -0.2) is 4.92 Å². The number of hydrogen-bond donors (Lipinski definition) is 0. The van der Waals surface area contributed by atoms with E-state index in [4.69, 9.17) is 0 Å². The molecule has 0 fully saturated rings. The van der Waals surface area contributed by atoms with Gasteiger partial charge in [0, 0.05) is 11.1 Å². The van der Waals surface area contributed by atoms with Crippen LogP contribution < -0.4 is 0 Å². The molecule has 15 heavy (non-hydrogen) atoms. The number of nitro benzene ring substituents is 1. The number of benzene rings is 1. The first-order valence-corrected chi connectivity index (χ1v) is 4.99. The molecular formula is C12H17NO2. The summed E-state index contributed by atoms with van der Waals surface area (Å²) in [6.07, 6.45) is 0. The van der Waals surface area contributed by atoms with Crippen molar-refractivity contribution in [2.45, 2.75) is 40.0 Å². The summed E-state index contributed by atoms with van der Waals surface area (Å²) in [4.78, 5) is 10.5. The van der Waals surface area contributed by atoms with Gasteiger partial charge in [0.1, 0.15) is 0 Å². The molecule has 0 atom stereocenters. The molecule has 1 aromatic rings. The molecule has 3 nitrogen and oxygen atoms in total. The molecule has 0 saturated carbocycles. The molecule has 0 heterocycles. The van der Waals surface area contributed by atoms with Crippen molar-refractivity contribution in [2.75, 3.05) is 0 Å². The molecule has 0 spiro atoms. The fourth-order valence-electron chi connectivity index (χ4n) is 1.68. The van der Waals surface area contributed by atoms with Crippen molar-refractivity contribution in [1.29, 1.82) is 0 Å². The van der Waals surface area contributed by atoms with Gasteiger partial charge in [0.05, 0.1) is 4.92 Å². The van der Waals surface area contributed by atoms with Crippen LogP contribution in [0.1, 0.15) is 37.5 Å². The summed E-state index contributed by atoms with van der Waals surface area (Å²) in [5, 5.41) is 10.8. The fourth-order valence-corrected chi connectivity index (χ4v) is 1.68. The fraction of sp³-hybridized carbons (Fsp3) is 0.500. The average Bonchev–Trinajstić information content (AvgIpc) is 1.99. The molecule has 3 heteroatoms. The monoisotopic (exact) mass is 207 g/mol. The first kappa shape index (κ1) is 11.7. The van der Waals surface area contributed by atoms with Crippen molar-refractivity contribution in [2.24, 2.45) is 0 Å². The highest BCUT2D eigenvalue weighted by molar-refractivity contribution is 5.50. The SMILES string of the molecule is Cc1cc(C(C)(C)C)cc(C)c1[N+](=O)[O-]. The van der Waals surface area contributed by atoms with Crippen LogP contribution in [0.5, 0.6) is 0 Å². The number of aryl methyl sites for hydroxylation is 2. The minimum atomic E-state index is -0.308. The number of rotatable bonds is 1. The Morgan fingerprint density at radius 1 is 1.13 bits per heavy atom. The summed E-state index contributed by atoms with van der Waals surface area (Å²) in [6, 6.07) is 3.82. The van der Waals surface area contributed by atoms with Crippen molar-refractivity contribution >= 4 is 5.69 Å². The highest BCUT2D eigenvalue weighted by Gasteiger charge is 2.20. The number of nitrogens with zero attached hydrogens (tertiary/aromatic N) is 1. The normalized spacial score (nSPS) is 11.5. The highest BCUT2D eigenvalue weighted by Crippen LogP contribution is 2.30. The smallest absolute Gasteiger partial charge is 0.258 e. The van der Waals surface area contributed by atoms with E-state index in [1.807, 2.05) is 12.1 Å². The molecule has 0 aliphatic rings. The van der Waals surface area contributed by atoms with Crippen LogP contribution in [-0.2, 0) is 5.41 Å². The van der Waals surface area contributed by atoms with Crippen molar-refractivity contribution in [3.8, 4) is 0 Å². The summed E-state index contributed by atoms with van der Waals surface area (Å²) in [6.45, 7) is 9.90. The Hall–Kier alpha value is -1.38. The Morgan fingerprint density at radius 2 is 1.53 bits per heavy atom. The average molecular weight is 207 g/mol. The lowest BCUT2D eigenvalue weighted by atomic mass is 9.85. The maximum Gasteiger partial charge on any atom is 0.275 e. The summed E-state index contributed by atoms with van der Waals surface area (Å²) >= 11 is 0. The zero-order valence-corrected chi connectivity index (χ0v) is 9.92. The first-order chi connectivity index (χ1) is 6.73. The third-order valence-electron chi connectivity index (χ3n) is 2.54. The van der Waals surface area contributed by atoms with E-state index in [-0.39, 0.29) is 16.0 Å². The standard InChI is InChI=1S/C12H17NO2/c1-8-6-10(12(3,4)5)7-9(2)11(8)13(14)15/h6-7H,1-5H3. The summed E-state index contributed by atoms with van der Waals surface area (Å²) in [5.41, 5.74) is 2.89. The second-order valence-corrected chi connectivity index (χ2v) is 4.97. The molecule has 0 aromatic heterocycles. The van der Waals surface area contributed by atoms with E-state index >= 15 is 0 Å². The predicted molar refractivity (Wildman–Crippen MR) is 61.3 cm³/mol. The lowest BCUT2D eigenvalue weighted by Crippen LogP contribution is -2.12. The Labute approximate surface area is 90.3 Å². The Kier molecular flexibility index (Phi) is 2.84. The quantitative estimate of drug-likeness (QED) is 0.522. The van der Waals surface area contributed by atoms with E-state index < -0.39 is 0 Å². The van der Waals surface area contributed by atoms with Gasteiger partial charge in [0.15, 0.2) is 0 Å². The largest absolute Gasteiger partial charge is 0.275 e. The van der Waals surface area contributed by atoms with Gasteiger partial charge in [-0.3, -0.25) is 10.1 Å². The third-order valence-corrected chi connectivity index (χ3v) is 2.54. The Bertz CT molecular complexity index is 380. The van der Waals surface area contributed by atoms with Crippen LogP contribution in [0.2, 0.25) is 0 Å². The number of hydrogen-bond acceptors (Lipinski definition) is 2. The van der Waals surface area contributed by atoms with E-state index in [9.17, 15) is 10.1 Å². The second kappa shape index (κ2) is 3.65. The molecular weight excluding hydrogens is 190 g/mol. The lowest BCUT2D eigenvalue weighted by Gasteiger charge is -2.20. The maximum atomic E-state index is 10.8. The Morgan fingerprint density at radius 3 is 1.80 bits per heavy atom. The minimum absolute atomic E-state index is 0.0324. The van der Waals surface area contributed by atoms with E-state index in [0.717, 1.165) is 16.7 Å². The van der Waals surface area contributed by atoms with Gasteiger partial charge >= 0.3 is 0 Å². The topological polar surface area (TPSA) is 43.1 Å². The van der Waals surface area contributed by atoms with Crippen LogP contribution >= 0.6 is 0 Å². The van der Waals surface area contributed by atoms with Gasteiger partial charge in [0.2, 0.25) is 0 Å². The maximum absolute atomic E-state index is 10.8. The molecule has 0 saturated heterocycles. The van der Waals surface area contributed by atoms with Gasteiger partial charge in [-0.25, -0.2) is 0 Å². The predicted octanol–water partition coefficient (Wildman–Crippen LogP) is 3.51. The van der Waals surface area contributed by atoms with Crippen molar-refractivity contribution < 1.29 is 4.92 Å². The minimum Gasteiger partial charge on any atom is -0.258 e. The molecule has 0 N–H and O–H groups in total. The van der Waals surface area contributed by atoms with Crippen molar-refractivity contribution in [3.05, 3.63) is 38.9 Å². The van der Waals surface area contributed by atoms with E-state index in [1.54, 1.807) is 13.8 Å². The molecule has 82 valence electrons. The van der Waals surface area contributed by atoms with Gasteiger partial charge in [-0.2, -0.15) is 0 Å². The molecule has 1 aromatic carbocycles. The zero-order chi connectivity index (χ0) is 11.8. The van der Waals surface area contributed by atoms with Gasteiger partial charge < -0.3 is 0 Å². The first-order valence-electron chi connectivity index (χ1n) is 4.99. The molecule has 1 rings (SSSR count). The molecule has 0 aliphatic carbocycles. The Balaban J connectivity index is 3.39. The van der Waals surface area contributed by atoms with Crippen LogP contribution in [0, 0.1) is 24.0 Å². The summed E-state index contributed by atoms with van der Waals surface area (Å²) in [7, 11) is 0. The lowest BCUT2D eigenvalue weighted by molar-refractivity contribution is -0.386. The van der Waals surface area contributed by atoms with Crippen molar-refractivity contribution in [3.63, 3.8) is 0 Å². The molecule has 0 bridgehead atoms. The zero-order valence-electron chi connectivity index (χ0n) is 9.92. The molecule has 0 amide bonds. The van der Waals surface area contributed by atoms with Gasteiger partial charge in [-0.05, 0) is 37.0 Å². The van der Waals surface area contributed by atoms with Crippen LogP contribution in [0.3, 0.4) is 0 Å². The van der Waals surface area contributed by atoms with Crippen molar-refractivity contribution in [1.82, 2.24) is 0 Å².